The fourth-order valence-electron chi connectivity index (χ4n) is 2.41. The molecule has 0 atom stereocenters. The second kappa shape index (κ2) is 3.13. The van der Waals surface area contributed by atoms with Crippen LogP contribution in [0.25, 0.3) is 10.9 Å². The van der Waals surface area contributed by atoms with Crippen molar-refractivity contribution < 1.29 is 0 Å². The van der Waals surface area contributed by atoms with Gasteiger partial charge in [0, 0.05) is 16.6 Å². The quantitative estimate of drug-likeness (QED) is 0.666. The Morgan fingerprint density at radius 3 is 2.87 bits per heavy atom. The minimum atomic E-state index is 1.01. The molecule has 0 aliphatic heterocycles. The maximum atomic E-state index is 3.54. The smallest absolute Gasteiger partial charge is 0.0461 e. The summed E-state index contributed by atoms with van der Waals surface area (Å²) < 4.78 is 0. The van der Waals surface area contributed by atoms with Gasteiger partial charge in [-0.2, -0.15) is 0 Å². The number of rotatable bonds is 0. The molecule has 76 valence electrons. The van der Waals surface area contributed by atoms with Gasteiger partial charge in [0.1, 0.15) is 0 Å². The molecule has 0 bridgehead atoms. The van der Waals surface area contributed by atoms with Crippen molar-refractivity contribution in [3.05, 3.63) is 40.9 Å². The van der Waals surface area contributed by atoms with E-state index in [1.54, 1.807) is 0 Å². The van der Waals surface area contributed by atoms with Crippen LogP contribution in [0.1, 0.15) is 28.8 Å². The summed E-state index contributed by atoms with van der Waals surface area (Å²) >= 11 is 0. The van der Waals surface area contributed by atoms with Crippen molar-refractivity contribution in [2.75, 3.05) is 0 Å². The Bertz CT molecular complexity index is 520. The van der Waals surface area contributed by atoms with Crippen LogP contribution in [0.15, 0.2) is 12.1 Å². The highest BCUT2D eigenvalue weighted by Crippen LogP contribution is 2.30. The molecule has 0 saturated carbocycles. The van der Waals surface area contributed by atoms with E-state index in [-0.39, 0.29) is 0 Å². The van der Waals surface area contributed by atoms with Gasteiger partial charge in [-0.25, -0.2) is 0 Å². The van der Waals surface area contributed by atoms with E-state index in [0.29, 0.717) is 0 Å². The topological polar surface area (TPSA) is 15.8 Å². The van der Waals surface area contributed by atoms with Crippen molar-refractivity contribution in [2.24, 2.45) is 0 Å². The molecule has 0 fully saturated rings. The highest BCUT2D eigenvalue weighted by atomic mass is 14.7. The average molecular weight is 197 g/mol. The molecule has 1 aromatic carbocycles. The standard InChI is InChI=1S/C14H15N/c1-9-7-12-11-5-3-4-6-13(11)15-14(12)8-10(9)2/h7-8,15H,4-6H2,1-2H3. The molecule has 1 N–H and O–H groups in total. The van der Waals surface area contributed by atoms with Gasteiger partial charge in [0.05, 0.1) is 0 Å². The first-order chi connectivity index (χ1) is 7.25. The normalized spacial score (nSPS) is 15.6. The maximum Gasteiger partial charge on any atom is 0.0461 e. The molecule has 0 unspecified atom stereocenters. The van der Waals surface area contributed by atoms with Crippen LogP contribution in [0.3, 0.4) is 0 Å². The predicted octanol–water partition coefficient (Wildman–Crippen LogP) is 3.35. The van der Waals surface area contributed by atoms with Gasteiger partial charge in [0.25, 0.3) is 0 Å². The number of aromatic amines is 1. The molecular formula is C14H15N. The summed E-state index contributed by atoms with van der Waals surface area (Å²) in [6, 6.07) is 4.58. The first-order valence-corrected chi connectivity index (χ1v) is 5.57. The predicted molar refractivity (Wildman–Crippen MR) is 63.0 cm³/mol. The van der Waals surface area contributed by atoms with E-state index in [2.05, 4.69) is 37.4 Å². The van der Waals surface area contributed by atoms with Crippen LogP contribution in [0.2, 0.25) is 0 Å². The summed E-state index contributed by atoms with van der Waals surface area (Å²) in [5, 5.41) is 1.40. The van der Waals surface area contributed by atoms with Crippen LogP contribution in [0.4, 0.5) is 0 Å². The molecule has 2 radical (unpaired) electrons. The van der Waals surface area contributed by atoms with Gasteiger partial charge in [-0.3, -0.25) is 0 Å². The molecule has 1 heteroatoms. The molecule has 1 aliphatic rings. The molecule has 0 spiro atoms. The van der Waals surface area contributed by atoms with Gasteiger partial charge in [0.2, 0.25) is 0 Å². The van der Waals surface area contributed by atoms with Crippen molar-refractivity contribution in [3.63, 3.8) is 0 Å². The SMILES string of the molecule is Cc1cc2[nH]c3c(c2cc1C)C[C]CC3. The second-order valence-corrected chi connectivity index (χ2v) is 4.49. The zero-order chi connectivity index (χ0) is 10.4. The average Bonchev–Trinajstić information content (AvgIpc) is 2.57. The van der Waals surface area contributed by atoms with Crippen LogP contribution in [-0.4, -0.2) is 4.98 Å². The fraction of sp³-hybridized carbons (Fsp3) is 0.357. The third-order valence-electron chi connectivity index (χ3n) is 3.46. The van der Waals surface area contributed by atoms with E-state index in [1.807, 2.05) is 0 Å². The molecule has 0 saturated heterocycles. The van der Waals surface area contributed by atoms with Crippen LogP contribution >= 0.6 is 0 Å². The Kier molecular flexibility index (Phi) is 1.88. The molecule has 2 aromatic rings. The summed E-state index contributed by atoms with van der Waals surface area (Å²) in [6.07, 6.45) is 6.67. The molecule has 1 heterocycles. The van der Waals surface area contributed by atoms with Crippen molar-refractivity contribution >= 4 is 10.9 Å². The van der Waals surface area contributed by atoms with E-state index in [1.165, 1.54) is 33.3 Å². The third kappa shape index (κ3) is 1.30. The van der Waals surface area contributed by atoms with Gasteiger partial charge in [-0.1, -0.05) is 0 Å². The van der Waals surface area contributed by atoms with Crippen LogP contribution in [0, 0.1) is 20.3 Å². The minimum absolute atomic E-state index is 1.01. The number of benzene rings is 1. The van der Waals surface area contributed by atoms with Gasteiger partial charge in [-0.05, 0) is 68.4 Å². The Labute approximate surface area is 90.5 Å². The lowest BCUT2D eigenvalue weighted by Gasteiger charge is -2.09. The fourth-order valence-corrected chi connectivity index (χ4v) is 2.41. The molecule has 1 nitrogen and oxygen atoms in total. The summed E-state index contributed by atoms with van der Waals surface area (Å²) in [7, 11) is 0. The molecular weight excluding hydrogens is 182 g/mol. The van der Waals surface area contributed by atoms with Gasteiger partial charge in [0.15, 0.2) is 0 Å². The highest BCUT2D eigenvalue weighted by molar-refractivity contribution is 5.86. The van der Waals surface area contributed by atoms with E-state index >= 15 is 0 Å². The Morgan fingerprint density at radius 1 is 1.20 bits per heavy atom. The summed E-state index contributed by atoms with van der Waals surface area (Å²) in [5.41, 5.74) is 6.95. The number of fused-ring (bicyclic) bond motifs is 3. The van der Waals surface area contributed by atoms with Crippen LogP contribution in [-0.2, 0) is 12.8 Å². The molecule has 3 rings (SSSR count). The van der Waals surface area contributed by atoms with Gasteiger partial charge < -0.3 is 4.98 Å². The zero-order valence-electron chi connectivity index (χ0n) is 9.28. The van der Waals surface area contributed by atoms with Crippen molar-refractivity contribution in [2.45, 2.75) is 33.1 Å². The maximum absolute atomic E-state index is 3.54. The Hall–Kier alpha value is -1.24. The number of H-pyrrole nitrogens is 1. The van der Waals surface area contributed by atoms with Crippen LogP contribution in [0.5, 0.6) is 0 Å². The monoisotopic (exact) mass is 197 g/mol. The van der Waals surface area contributed by atoms with Gasteiger partial charge >= 0.3 is 0 Å². The van der Waals surface area contributed by atoms with E-state index in [9.17, 15) is 0 Å². The minimum Gasteiger partial charge on any atom is -0.358 e. The third-order valence-corrected chi connectivity index (χ3v) is 3.46. The van der Waals surface area contributed by atoms with E-state index in [0.717, 1.165) is 19.3 Å². The molecule has 1 aliphatic carbocycles. The lowest BCUT2D eigenvalue weighted by atomic mass is 9.94. The number of nitrogens with one attached hydrogen (secondary N) is 1. The van der Waals surface area contributed by atoms with Gasteiger partial charge in [-0.15, -0.1) is 0 Å². The van der Waals surface area contributed by atoms with Crippen molar-refractivity contribution in [1.82, 2.24) is 4.98 Å². The van der Waals surface area contributed by atoms with E-state index < -0.39 is 0 Å². The van der Waals surface area contributed by atoms with Crippen LogP contribution < -0.4 is 0 Å². The first-order valence-electron chi connectivity index (χ1n) is 5.57. The largest absolute Gasteiger partial charge is 0.358 e. The second-order valence-electron chi connectivity index (χ2n) is 4.49. The van der Waals surface area contributed by atoms with Crippen molar-refractivity contribution in [1.29, 1.82) is 0 Å². The van der Waals surface area contributed by atoms with Crippen molar-refractivity contribution in [3.8, 4) is 0 Å². The first kappa shape index (κ1) is 9.02. The molecule has 0 amide bonds. The lowest BCUT2D eigenvalue weighted by molar-refractivity contribution is 0.816. The lowest BCUT2D eigenvalue weighted by Crippen LogP contribution is -2.00. The number of aromatic nitrogens is 1. The molecule has 1 aromatic heterocycles. The van der Waals surface area contributed by atoms with E-state index in [4.69, 9.17) is 0 Å². The Balaban J connectivity index is 2.33. The summed E-state index contributed by atoms with van der Waals surface area (Å²) in [4.78, 5) is 3.54. The highest BCUT2D eigenvalue weighted by Gasteiger charge is 2.15. The summed E-state index contributed by atoms with van der Waals surface area (Å²) in [5.74, 6) is 0. The zero-order valence-corrected chi connectivity index (χ0v) is 9.28. The Morgan fingerprint density at radius 2 is 2.00 bits per heavy atom. The number of hydrogen-bond donors (Lipinski definition) is 1. The number of hydrogen-bond acceptors (Lipinski definition) is 0. The molecule has 15 heavy (non-hydrogen) atoms. The number of aryl methyl sites for hydroxylation is 3. The summed E-state index contributed by atoms with van der Waals surface area (Å²) in [6.45, 7) is 4.36.